The van der Waals surface area contributed by atoms with Gasteiger partial charge in [-0.3, -0.25) is 0 Å². The summed E-state index contributed by atoms with van der Waals surface area (Å²) in [7, 11) is 0. The zero-order valence-corrected chi connectivity index (χ0v) is 12.5. The van der Waals surface area contributed by atoms with E-state index in [0.29, 0.717) is 0 Å². The van der Waals surface area contributed by atoms with Gasteiger partial charge in [0.05, 0.1) is 12.0 Å². The minimum atomic E-state index is 0.110. The molecular formula is C15H20N2OS. The summed E-state index contributed by atoms with van der Waals surface area (Å²) in [6.45, 7) is 7.33. The minimum absolute atomic E-state index is 0.110. The van der Waals surface area contributed by atoms with E-state index < -0.39 is 0 Å². The molecule has 0 aliphatic heterocycles. The van der Waals surface area contributed by atoms with Crippen LogP contribution in [0.15, 0.2) is 46.2 Å². The number of hydrogen-bond donors (Lipinski definition) is 1. The van der Waals surface area contributed by atoms with Crippen LogP contribution in [0.25, 0.3) is 0 Å². The highest BCUT2D eigenvalue weighted by molar-refractivity contribution is 7.98. The van der Waals surface area contributed by atoms with Crippen LogP contribution >= 0.6 is 11.8 Å². The minimum Gasteiger partial charge on any atom is -0.468 e. The Balaban J connectivity index is 1.99. The Hall–Kier alpha value is -1.26. The van der Waals surface area contributed by atoms with Crippen molar-refractivity contribution >= 4 is 11.8 Å². The van der Waals surface area contributed by atoms with Crippen LogP contribution in [-0.4, -0.2) is 10.5 Å². The summed E-state index contributed by atoms with van der Waals surface area (Å²) in [4.78, 5) is 4.46. The molecule has 0 saturated carbocycles. The summed E-state index contributed by atoms with van der Waals surface area (Å²) >= 11 is 1.71. The number of furan rings is 1. The molecule has 0 spiro atoms. The molecule has 0 aromatic carbocycles. The molecule has 0 atom stereocenters. The summed E-state index contributed by atoms with van der Waals surface area (Å²) in [6, 6.07) is 8.01. The van der Waals surface area contributed by atoms with Gasteiger partial charge >= 0.3 is 0 Å². The van der Waals surface area contributed by atoms with E-state index in [1.54, 1.807) is 18.0 Å². The lowest BCUT2D eigenvalue weighted by atomic mass is 10.1. The Kier molecular flexibility index (Phi) is 4.66. The molecule has 2 rings (SSSR count). The Morgan fingerprint density at radius 1 is 1.26 bits per heavy atom. The number of pyridine rings is 1. The molecule has 0 aliphatic carbocycles. The summed E-state index contributed by atoms with van der Waals surface area (Å²) in [5.74, 6) is 1.79. The van der Waals surface area contributed by atoms with Crippen molar-refractivity contribution in [2.45, 2.75) is 43.6 Å². The fourth-order valence-corrected chi connectivity index (χ4v) is 2.49. The Bertz CT molecular complexity index is 503. The Morgan fingerprint density at radius 3 is 2.79 bits per heavy atom. The van der Waals surface area contributed by atoms with Crippen molar-refractivity contribution in [2.75, 3.05) is 0 Å². The van der Waals surface area contributed by atoms with Gasteiger partial charge in [-0.1, -0.05) is 17.8 Å². The van der Waals surface area contributed by atoms with Crippen LogP contribution in [0.3, 0.4) is 0 Å². The van der Waals surface area contributed by atoms with Gasteiger partial charge in [0.1, 0.15) is 10.8 Å². The molecule has 2 heterocycles. The maximum Gasteiger partial charge on any atom is 0.114 e. The molecule has 0 radical (unpaired) electrons. The summed E-state index contributed by atoms with van der Waals surface area (Å²) in [5, 5.41) is 4.56. The van der Waals surface area contributed by atoms with Crippen LogP contribution in [0.4, 0.5) is 0 Å². The molecule has 0 aliphatic rings. The van der Waals surface area contributed by atoms with Crippen LogP contribution in [0.5, 0.6) is 0 Å². The highest BCUT2D eigenvalue weighted by Gasteiger charge is 2.11. The lowest BCUT2D eigenvalue weighted by Crippen LogP contribution is -2.35. The van der Waals surface area contributed by atoms with Crippen molar-refractivity contribution in [3.8, 4) is 0 Å². The van der Waals surface area contributed by atoms with Gasteiger partial charge in [0, 0.05) is 18.3 Å². The molecule has 0 saturated heterocycles. The molecule has 0 fully saturated rings. The lowest BCUT2D eigenvalue weighted by Gasteiger charge is -2.21. The quantitative estimate of drug-likeness (QED) is 0.842. The number of rotatable bonds is 5. The van der Waals surface area contributed by atoms with Crippen LogP contribution in [-0.2, 0) is 12.3 Å². The maximum absolute atomic E-state index is 5.35. The predicted octanol–water partition coefficient (Wildman–Crippen LogP) is 3.86. The van der Waals surface area contributed by atoms with Gasteiger partial charge in [0.25, 0.3) is 0 Å². The van der Waals surface area contributed by atoms with Gasteiger partial charge in [0.15, 0.2) is 0 Å². The standard InChI is InChI=1S/C15H20N2OS/c1-15(2,3)17-10-12-6-4-8-16-14(12)19-11-13-7-5-9-18-13/h4-9,17H,10-11H2,1-3H3. The molecule has 0 unspecified atom stereocenters. The molecule has 0 amide bonds. The van der Waals surface area contributed by atoms with Gasteiger partial charge in [-0.15, -0.1) is 0 Å². The molecule has 3 nitrogen and oxygen atoms in total. The molecule has 1 N–H and O–H groups in total. The Labute approximate surface area is 118 Å². The van der Waals surface area contributed by atoms with Crippen molar-refractivity contribution in [1.82, 2.24) is 10.3 Å². The number of thioether (sulfide) groups is 1. The van der Waals surface area contributed by atoms with Crippen molar-refractivity contribution in [3.05, 3.63) is 48.0 Å². The molecule has 19 heavy (non-hydrogen) atoms. The SMILES string of the molecule is CC(C)(C)NCc1cccnc1SCc1ccco1. The molecule has 102 valence electrons. The molecule has 4 heteroatoms. The van der Waals surface area contributed by atoms with E-state index >= 15 is 0 Å². The van der Waals surface area contributed by atoms with Gasteiger partial charge in [0.2, 0.25) is 0 Å². The predicted molar refractivity (Wildman–Crippen MR) is 79.1 cm³/mol. The largest absolute Gasteiger partial charge is 0.468 e. The van der Waals surface area contributed by atoms with Crippen LogP contribution in [0.2, 0.25) is 0 Å². The molecule has 2 aromatic rings. The first-order valence-electron chi connectivity index (χ1n) is 6.39. The zero-order valence-electron chi connectivity index (χ0n) is 11.6. The van der Waals surface area contributed by atoms with E-state index in [0.717, 1.165) is 23.1 Å². The summed E-state index contributed by atoms with van der Waals surface area (Å²) in [5.41, 5.74) is 1.34. The second kappa shape index (κ2) is 6.26. The van der Waals surface area contributed by atoms with Crippen molar-refractivity contribution in [3.63, 3.8) is 0 Å². The maximum atomic E-state index is 5.35. The lowest BCUT2D eigenvalue weighted by molar-refractivity contribution is 0.422. The molecule has 0 bridgehead atoms. The van der Waals surface area contributed by atoms with Gasteiger partial charge in [-0.05, 0) is 44.5 Å². The van der Waals surface area contributed by atoms with Crippen LogP contribution in [0, 0.1) is 0 Å². The van der Waals surface area contributed by atoms with Crippen molar-refractivity contribution in [1.29, 1.82) is 0 Å². The van der Waals surface area contributed by atoms with E-state index in [-0.39, 0.29) is 5.54 Å². The average molecular weight is 276 g/mol. The second-order valence-electron chi connectivity index (χ2n) is 5.44. The number of aromatic nitrogens is 1. The van der Waals surface area contributed by atoms with E-state index in [9.17, 15) is 0 Å². The first kappa shape index (κ1) is 14.2. The molecular weight excluding hydrogens is 256 g/mol. The molecule has 2 aromatic heterocycles. The average Bonchev–Trinajstić information content (AvgIpc) is 2.87. The van der Waals surface area contributed by atoms with Crippen LogP contribution < -0.4 is 5.32 Å². The number of nitrogens with zero attached hydrogens (tertiary/aromatic N) is 1. The van der Waals surface area contributed by atoms with E-state index in [1.807, 2.05) is 24.4 Å². The van der Waals surface area contributed by atoms with E-state index in [4.69, 9.17) is 4.42 Å². The number of hydrogen-bond acceptors (Lipinski definition) is 4. The van der Waals surface area contributed by atoms with Crippen LogP contribution in [0.1, 0.15) is 32.1 Å². The smallest absolute Gasteiger partial charge is 0.114 e. The third kappa shape index (κ3) is 4.73. The fraction of sp³-hybridized carbons (Fsp3) is 0.400. The third-order valence-electron chi connectivity index (χ3n) is 2.59. The second-order valence-corrected chi connectivity index (χ2v) is 6.40. The van der Waals surface area contributed by atoms with Crippen molar-refractivity contribution in [2.24, 2.45) is 0 Å². The summed E-state index contributed by atoms with van der Waals surface area (Å²) in [6.07, 6.45) is 3.54. The van der Waals surface area contributed by atoms with Gasteiger partial charge < -0.3 is 9.73 Å². The summed E-state index contributed by atoms with van der Waals surface area (Å²) < 4.78 is 5.35. The first-order chi connectivity index (χ1) is 9.04. The topological polar surface area (TPSA) is 38.1 Å². The van der Waals surface area contributed by atoms with Gasteiger partial charge in [-0.25, -0.2) is 4.98 Å². The highest BCUT2D eigenvalue weighted by Crippen LogP contribution is 2.24. The fourth-order valence-electron chi connectivity index (χ4n) is 1.58. The monoisotopic (exact) mass is 276 g/mol. The normalized spacial score (nSPS) is 11.7. The Morgan fingerprint density at radius 2 is 2.11 bits per heavy atom. The van der Waals surface area contributed by atoms with E-state index in [1.165, 1.54) is 5.56 Å². The number of nitrogens with one attached hydrogen (secondary N) is 1. The van der Waals surface area contributed by atoms with Crippen molar-refractivity contribution < 1.29 is 4.42 Å². The van der Waals surface area contributed by atoms with Gasteiger partial charge in [-0.2, -0.15) is 0 Å². The zero-order chi connectivity index (χ0) is 13.7. The highest BCUT2D eigenvalue weighted by atomic mass is 32.2. The third-order valence-corrected chi connectivity index (χ3v) is 3.66. The first-order valence-corrected chi connectivity index (χ1v) is 7.37. The van der Waals surface area contributed by atoms with E-state index in [2.05, 4.69) is 37.1 Å².